The van der Waals surface area contributed by atoms with Crippen LogP contribution in [0, 0.1) is 6.92 Å². The van der Waals surface area contributed by atoms with Crippen molar-refractivity contribution in [1.29, 1.82) is 0 Å². The number of carbonyl (C=O) groups excluding carboxylic acids is 1. The lowest BCUT2D eigenvalue weighted by molar-refractivity contribution is 0.104. The molecular weight excluding hydrogens is 240 g/mol. The van der Waals surface area contributed by atoms with Gasteiger partial charge in [-0.25, -0.2) is 0 Å². The van der Waals surface area contributed by atoms with Gasteiger partial charge >= 0.3 is 0 Å². The van der Waals surface area contributed by atoms with E-state index in [1.807, 2.05) is 25.9 Å². The van der Waals surface area contributed by atoms with Crippen molar-refractivity contribution < 1.29 is 9.32 Å². The Labute approximate surface area is 114 Å². The standard InChI is InChI=1S/C15H22N2O2/c1-11-14(13(18)9-10-17(2)3)15(16-19-11)12-7-5-4-6-8-12/h9-10,12H,4-8H2,1-3H3. The Balaban J connectivity index is 2.24. The monoisotopic (exact) mass is 262 g/mol. The molecule has 0 aromatic carbocycles. The molecule has 0 spiro atoms. The molecule has 0 bridgehead atoms. The smallest absolute Gasteiger partial charge is 0.192 e. The molecule has 1 aromatic heterocycles. The molecule has 4 heteroatoms. The van der Waals surface area contributed by atoms with Crippen LogP contribution in [0.1, 0.15) is 59.8 Å². The number of hydrogen-bond acceptors (Lipinski definition) is 4. The lowest BCUT2D eigenvalue weighted by Gasteiger charge is -2.19. The van der Waals surface area contributed by atoms with Crippen LogP contribution >= 0.6 is 0 Å². The summed E-state index contributed by atoms with van der Waals surface area (Å²) in [4.78, 5) is 14.1. The third-order valence-electron chi connectivity index (χ3n) is 3.65. The van der Waals surface area contributed by atoms with Crippen molar-refractivity contribution in [2.45, 2.75) is 44.9 Å². The summed E-state index contributed by atoms with van der Waals surface area (Å²) in [5.74, 6) is 1.01. The Bertz CT molecular complexity index is 468. The van der Waals surface area contributed by atoms with Gasteiger partial charge in [0.1, 0.15) is 5.76 Å². The number of ketones is 1. The first-order valence-corrected chi connectivity index (χ1v) is 6.94. The van der Waals surface area contributed by atoms with E-state index in [9.17, 15) is 4.79 Å². The van der Waals surface area contributed by atoms with E-state index in [2.05, 4.69) is 5.16 Å². The SMILES string of the molecule is Cc1onc(C2CCCCC2)c1C(=O)C=CN(C)C. The van der Waals surface area contributed by atoms with Crippen LogP contribution in [0.15, 0.2) is 16.8 Å². The summed E-state index contributed by atoms with van der Waals surface area (Å²) in [7, 11) is 3.79. The van der Waals surface area contributed by atoms with E-state index >= 15 is 0 Å². The molecule has 4 nitrogen and oxygen atoms in total. The molecule has 1 saturated carbocycles. The van der Waals surface area contributed by atoms with Crippen molar-refractivity contribution in [3.05, 3.63) is 29.3 Å². The van der Waals surface area contributed by atoms with Crippen LogP contribution in [-0.4, -0.2) is 29.9 Å². The van der Waals surface area contributed by atoms with Gasteiger partial charge in [-0.3, -0.25) is 4.79 Å². The second-order valence-electron chi connectivity index (χ2n) is 5.48. The zero-order valence-corrected chi connectivity index (χ0v) is 12.0. The minimum absolute atomic E-state index is 0.00646. The van der Waals surface area contributed by atoms with E-state index in [1.165, 1.54) is 19.3 Å². The summed E-state index contributed by atoms with van der Waals surface area (Å²) in [6.45, 7) is 1.82. The van der Waals surface area contributed by atoms with Gasteiger partial charge < -0.3 is 9.42 Å². The maximum Gasteiger partial charge on any atom is 0.192 e. The van der Waals surface area contributed by atoms with Gasteiger partial charge in [-0.1, -0.05) is 24.4 Å². The minimum atomic E-state index is -0.00646. The Morgan fingerprint density at radius 1 is 1.32 bits per heavy atom. The predicted molar refractivity (Wildman–Crippen MR) is 74.2 cm³/mol. The van der Waals surface area contributed by atoms with Crippen LogP contribution in [0.3, 0.4) is 0 Å². The van der Waals surface area contributed by atoms with Gasteiger partial charge in [-0.05, 0) is 19.8 Å². The summed E-state index contributed by atoms with van der Waals surface area (Å²) in [6, 6.07) is 0. The number of hydrogen-bond donors (Lipinski definition) is 0. The van der Waals surface area contributed by atoms with Gasteiger partial charge in [0, 0.05) is 32.3 Å². The highest BCUT2D eigenvalue weighted by Gasteiger charge is 2.26. The average molecular weight is 262 g/mol. The fourth-order valence-corrected chi connectivity index (χ4v) is 2.64. The van der Waals surface area contributed by atoms with Gasteiger partial charge in [-0.15, -0.1) is 0 Å². The summed E-state index contributed by atoms with van der Waals surface area (Å²) >= 11 is 0. The van der Waals surface area contributed by atoms with Gasteiger partial charge in [0.2, 0.25) is 0 Å². The van der Waals surface area contributed by atoms with Crippen LogP contribution < -0.4 is 0 Å². The zero-order valence-electron chi connectivity index (χ0n) is 12.0. The Morgan fingerprint density at radius 3 is 2.63 bits per heavy atom. The molecule has 1 heterocycles. The van der Waals surface area contributed by atoms with Crippen molar-refractivity contribution >= 4 is 5.78 Å². The van der Waals surface area contributed by atoms with E-state index in [0.29, 0.717) is 17.2 Å². The molecule has 19 heavy (non-hydrogen) atoms. The number of carbonyl (C=O) groups is 1. The second kappa shape index (κ2) is 6.04. The first-order valence-electron chi connectivity index (χ1n) is 6.94. The fourth-order valence-electron chi connectivity index (χ4n) is 2.64. The Hall–Kier alpha value is -1.58. The Kier molecular flexibility index (Phi) is 4.40. The molecule has 0 saturated heterocycles. The molecule has 2 rings (SSSR count). The van der Waals surface area contributed by atoms with E-state index in [4.69, 9.17) is 4.52 Å². The number of rotatable bonds is 4. The van der Waals surface area contributed by atoms with Crippen LogP contribution in [0.5, 0.6) is 0 Å². The molecule has 1 aliphatic rings. The molecule has 0 radical (unpaired) electrons. The van der Waals surface area contributed by atoms with Crippen LogP contribution in [0.2, 0.25) is 0 Å². The largest absolute Gasteiger partial charge is 0.383 e. The molecule has 0 unspecified atom stereocenters. The van der Waals surface area contributed by atoms with Crippen molar-refractivity contribution in [2.75, 3.05) is 14.1 Å². The number of aromatic nitrogens is 1. The lowest BCUT2D eigenvalue weighted by Crippen LogP contribution is -2.10. The highest BCUT2D eigenvalue weighted by atomic mass is 16.5. The summed E-state index contributed by atoms with van der Waals surface area (Å²) in [6.07, 6.45) is 9.31. The second-order valence-corrected chi connectivity index (χ2v) is 5.48. The summed E-state index contributed by atoms with van der Waals surface area (Å²) in [5.41, 5.74) is 1.54. The van der Waals surface area contributed by atoms with E-state index in [1.54, 1.807) is 12.3 Å². The van der Waals surface area contributed by atoms with Crippen molar-refractivity contribution in [3.63, 3.8) is 0 Å². The van der Waals surface area contributed by atoms with E-state index in [-0.39, 0.29) is 5.78 Å². The van der Waals surface area contributed by atoms with Crippen molar-refractivity contribution in [2.24, 2.45) is 0 Å². The molecule has 1 fully saturated rings. The highest BCUT2D eigenvalue weighted by molar-refractivity contribution is 6.06. The summed E-state index contributed by atoms with van der Waals surface area (Å²) in [5, 5.41) is 4.14. The molecular formula is C15H22N2O2. The molecule has 0 aliphatic heterocycles. The zero-order chi connectivity index (χ0) is 13.8. The first-order chi connectivity index (χ1) is 9.09. The topological polar surface area (TPSA) is 46.3 Å². The molecule has 1 aliphatic carbocycles. The molecule has 1 aromatic rings. The van der Waals surface area contributed by atoms with E-state index < -0.39 is 0 Å². The fraction of sp³-hybridized carbons (Fsp3) is 0.600. The molecule has 0 atom stereocenters. The maximum absolute atomic E-state index is 12.3. The number of aryl methyl sites for hydroxylation is 1. The maximum atomic E-state index is 12.3. The van der Waals surface area contributed by atoms with Gasteiger partial charge in [-0.2, -0.15) is 0 Å². The normalized spacial score (nSPS) is 17.0. The average Bonchev–Trinajstić information content (AvgIpc) is 2.79. The van der Waals surface area contributed by atoms with Crippen LogP contribution in [0.25, 0.3) is 0 Å². The third kappa shape index (κ3) is 3.25. The minimum Gasteiger partial charge on any atom is -0.383 e. The summed E-state index contributed by atoms with van der Waals surface area (Å²) < 4.78 is 5.26. The first kappa shape index (κ1) is 13.8. The molecule has 0 N–H and O–H groups in total. The highest BCUT2D eigenvalue weighted by Crippen LogP contribution is 2.34. The third-order valence-corrected chi connectivity index (χ3v) is 3.65. The lowest BCUT2D eigenvalue weighted by atomic mass is 9.84. The van der Waals surface area contributed by atoms with Crippen LogP contribution in [-0.2, 0) is 0 Å². The van der Waals surface area contributed by atoms with Gasteiger partial charge in [0.15, 0.2) is 5.78 Å². The molecule has 0 amide bonds. The van der Waals surface area contributed by atoms with Gasteiger partial charge in [0.05, 0.1) is 11.3 Å². The number of nitrogens with zero attached hydrogens (tertiary/aromatic N) is 2. The van der Waals surface area contributed by atoms with Crippen LogP contribution in [0.4, 0.5) is 0 Å². The van der Waals surface area contributed by atoms with Crippen molar-refractivity contribution in [3.8, 4) is 0 Å². The quantitative estimate of drug-likeness (QED) is 0.617. The Morgan fingerprint density at radius 2 is 2.00 bits per heavy atom. The van der Waals surface area contributed by atoms with E-state index in [0.717, 1.165) is 18.5 Å². The molecule has 104 valence electrons. The van der Waals surface area contributed by atoms with Gasteiger partial charge in [0.25, 0.3) is 0 Å². The predicted octanol–water partition coefficient (Wildman–Crippen LogP) is 3.29. The number of allylic oxidation sites excluding steroid dienone is 1. The van der Waals surface area contributed by atoms with Crippen molar-refractivity contribution in [1.82, 2.24) is 10.1 Å².